The van der Waals surface area contributed by atoms with Gasteiger partial charge >= 0.3 is 0 Å². The van der Waals surface area contributed by atoms with Crippen molar-refractivity contribution >= 4 is 17.3 Å². The third kappa shape index (κ3) is 2.44. The first-order valence-corrected chi connectivity index (χ1v) is 3.87. The van der Waals surface area contributed by atoms with E-state index in [1.54, 1.807) is 12.1 Å². The van der Waals surface area contributed by atoms with Gasteiger partial charge in [-0.2, -0.15) is 0 Å². The summed E-state index contributed by atoms with van der Waals surface area (Å²) in [6.07, 6.45) is 0. The molecule has 0 fully saturated rings. The van der Waals surface area contributed by atoms with E-state index in [0.29, 0.717) is 5.69 Å². The van der Waals surface area contributed by atoms with Crippen LogP contribution in [0.3, 0.4) is 0 Å². The van der Waals surface area contributed by atoms with Gasteiger partial charge in [0.25, 0.3) is 5.69 Å². The number of nitro benzene ring substituents is 1. The molecule has 0 aliphatic carbocycles. The highest BCUT2D eigenvalue weighted by atomic mass is 16.6. The van der Waals surface area contributed by atoms with E-state index in [1.165, 1.54) is 19.2 Å². The molecule has 0 aliphatic rings. The fourth-order valence-corrected chi connectivity index (χ4v) is 0.901. The number of rotatable bonds is 2. The molecule has 1 rings (SSSR count). The van der Waals surface area contributed by atoms with E-state index in [-0.39, 0.29) is 11.6 Å². The van der Waals surface area contributed by atoms with Gasteiger partial charge < -0.3 is 11.1 Å². The van der Waals surface area contributed by atoms with Gasteiger partial charge in [-0.3, -0.25) is 15.1 Å². The first kappa shape index (κ1) is 9.97. The molecule has 1 aromatic carbocycles. The summed E-state index contributed by atoms with van der Waals surface area (Å²) in [4.78, 5) is 13.6. The molecule has 0 unspecified atom stereocenters. The largest absolute Gasteiger partial charge is 0.370 e. The van der Waals surface area contributed by atoms with Crippen molar-refractivity contribution in [1.29, 1.82) is 0 Å². The minimum atomic E-state index is -0.468. The smallest absolute Gasteiger partial charge is 0.271 e. The first-order valence-electron chi connectivity index (χ1n) is 3.87. The zero-order chi connectivity index (χ0) is 10.6. The molecule has 0 saturated carbocycles. The number of anilines is 1. The molecular weight excluding hydrogens is 184 g/mol. The molecule has 0 saturated heterocycles. The van der Waals surface area contributed by atoms with Crippen molar-refractivity contribution in [2.24, 2.45) is 10.7 Å². The number of guanidine groups is 1. The van der Waals surface area contributed by atoms with E-state index < -0.39 is 4.92 Å². The molecule has 0 amide bonds. The summed E-state index contributed by atoms with van der Waals surface area (Å²) >= 11 is 0. The molecular formula is C8H10N4O2. The SMILES string of the molecule is CN=C(N)Nc1cccc([N+](=O)[O-])c1. The molecule has 0 spiro atoms. The molecule has 74 valence electrons. The molecule has 0 heterocycles. The predicted molar refractivity (Wildman–Crippen MR) is 54.3 cm³/mol. The maximum Gasteiger partial charge on any atom is 0.271 e. The Hall–Kier alpha value is -2.11. The van der Waals surface area contributed by atoms with Crippen LogP contribution >= 0.6 is 0 Å². The van der Waals surface area contributed by atoms with Gasteiger partial charge in [0.1, 0.15) is 0 Å². The molecule has 1 aromatic rings. The van der Waals surface area contributed by atoms with Gasteiger partial charge in [0.05, 0.1) is 4.92 Å². The third-order valence-electron chi connectivity index (χ3n) is 1.57. The summed E-state index contributed by atoms with van der Waals surface area (Å²) in [6.45, 7) is 0. The second-order valence-corrected chi connectivity index (χ2v) is 2.54. The number of benzene rings is 1. The average Bonchev–Trinajstić information content (AvgIpc) is 2.18. The molecule has 0 radical (unpaired) electrons. The lowest BCUT2D eigenvalue weighted by molar-refractivity contribution is -0.384. The average molecular weight is 194 g/mol. The second-order valence-electron chi connectivity index (χ2n) is 2.54. The Bertz CT molecular complexity index is 375. The van der Waals surface area contributed by atoms with Crippen LogP contribution in [0.1, 0.15) is 0 Å². The van der Waals surface area contributed by atoms with Crippen molar-refractivity contribution in [1.82, 2.24) is 0 Å². The maximum absolute atomic E-state index is 10.4. The van der Waals surface area contributed by atoms with Crippen LogP contribution in [0.25, 0.3) is 0 Å². The molecule has 14 heavy (non-hydrogen) atoms. The number of non-ortho nitro benzene ring substituents is 1. The zero-order valence-corrected chi connectivity index (χ0v) is 7.60. The highest BCUT2D eigenvalue weighted by Crippen LogP contribution is 2.16. The lowest BCUT2D eigenvalue weighted by Gasteiger charge is -2.03. The Balaban J connectivity index is 2.89. The number of nitrogens with one attached hydrogen (secondary N) is 1. The van der Waals surface area contributed by atoms with Crippen molar-refractivity contribution in [3.05, 3.63) is 34.4 Å². The van der Waals surface area contributed by atoms with E-state index in [2.05, 4.69) is 10.3 Å². The fraction of sp³-hybridized carbons (Fsp3) is 0.125. The van der Waals surface area contributed by atoms with E-state index in [9.17, 15) is 10.1 Å². The third-order valence-corrected chi connectivity index (χ3v) is 1.57. The number of hydrogen-bond acceptors (Lipinski definition) is 3. The van der Waals surface area contributed by atoms with Crippen LogP contribution in [0.5, 0.6) is 0 Å². The van der Waals surface area contributed by atoms with E-state index in [4.69, 9.17) is 5.73 Å². The summed E-state index contributed by atoms with van der Waals surface area (Å²) < 4.78 is 0. The number of nitrogens with zero attached hydrogens (tertiary/aromatic N) is 2. The lowest BCUT2D eigenvalue weighted by atomic mass is 10.3. The molecule has 0 atom stereocenters. The molecule has 0 aromatic heterocycles. The van der Waals surface area contributed by atoms with Crippen molar-refractivity contribution < 1.29 is 4.92 Å². The quantitative estimate of drug-likeness (QED) is 0.317. The minimum Gasteiger partial charge on any atom is -0.370 e. The van der Waals surface area contributed by atoms with Gasteiger partial charge in [-0.15, -0.1) is 0 Å². The number of aliphatic imine (C=N–C) groups is 1. The van der Waals surface area contributed by atoms with Crippen LogP contribution in [-0.4, -0.2) is 17.9 Å². The Morgan fingerprint density at radius 1 is 1.64 bits per heavy atom. The van der Waals surface area contributed by atoms with Crippen molar-refractivity contribution in [2.75, 3.05) is 12.4 Å². The van der Waals surface area contributed by atoms with Crippen LogP contribution in [0.2, 0.25) is 0 Å². The van der Waals surface area contributed by atoms with Crippen LogP contribution in [-0.2, 0) is 0 Å². The highest BCUT2D eigenvalue weighted by Gasteiger charge is 2.05. The Morgan fingerprint density at radius 3 is 2.93 bits per heavy atom. The standard InChI is InChI=1S/C8H10N4O2/c1-10-8(9)11-6-3-2-4-7(5-6)12(13)14/h2-5H,1H3,(H3,9,10,11). The Labute approximate surface area is 80.6 Å². The van der Waals surface area contributed by atoms with Gasteiger partial charge in [-0.25, -0.2) is 0 Å². The van der Waals surface area contributed by atoms with Crippen LogP contribution in [0.15, 0.2) is 29.3 Å². The molecule has 0 bridgehead atoms. The summed E-state index contributed by atoms with van der Waals surface area (Å²) in [5.41, 5.74) is 5.96. The van der Waals surface area contributed by atoms with Gasteiger partial charge in [0, 0.05) is 24.9 Å². The van der Waals surface area contributed by atoms with Crippen LogP contribution < -0.4 is 11.1 Å². The molecule has 0 aliphatic heterocycles. The number of hydrogen-bond donors (Lipinski definition) is 2. The van der Waals surface area contributed by atoms with Crippen molar-refractivity contribution in [3.63, 3.8) is 0 Å². The van der Waals surface area contributed by atoms with Gasteiger partial charge in [0.15, 0.2) is 5.96 Å². The first-order chi connectivity index (χ1) is 6.63. The predicted octanol–water partition coefficient (Wildman–Crippen LogP) is 0.951. The topological polar surface area (TPSA) is 93.5 Å². The van der Waals surface area contributed by atoms with Gasteiger partial charge in [-0.1, -0.05) is 6.07 Å². The minimum absolute atomic E-state index is 0.0129. The summed E-state index contributed by atoms with van der Waals surface area (Å²) in [5.74, 6) is 0.213. The normalized spacial score (nSPS) is 11.1. The zero-order valence-electron chi connectivity index (χ0n) is 7.60. The molecule has 6 nitrogen and oxygen atoms in total. The van der Waals surface area contributed by atoms with Gasteiger partial charge in [0.2, 0.25) is 0 Å². The van der Waals surface area contributed by atoms with E-state index in [1.807, 2.05) is 0 Å². The van der Waals surface area contributed by atoms with Crippen LogP contribution in [0, 0.1) is 10.1 Å². The van der Waals surface area contributed by atoms with Crippen molar-refractivity contribution in [2.45, 2.75) is 0 Å². The van der Waals surface area contributed by atoms with E-state index >= 15 is 0 Å². The fourth-order valence-electron chi connectivity index (χ4n) is 0.901. The summed E-state index contributed by atoms with van der Waals surface area (Å²) in [5, 5.41) is 13.1. The molecule has 6 heteroatoms. The highest BCUT2D eigenvalue weighted by molar-refractivity contribution is 5.92. The number of nitro groups is 1. The second kappa shape index (κ2) is 4.22. The maximum atomic E-state index is 10.4. The lowest BCUT2D eigenvalue weighted by Crippen LogP contribution is -2.21. The van der Waals surface area contributed by atoms with E-state index in [0.717, 1.165) is 0 Å². The monoisotopic (exact) mass is 194 g/mol. The Kier molecular flexibility index (Phi) is 3.01. The molecule has 3 N–H and O–H groups in total. The summed E-state index contributed by atoms with van der Waals surface area (Å²) in [6, 6.07) is 6.04. The Morgan fingerprint density at radius 2 is 2.36 bits per heavy atom. The summed E-state index contributed by atoms with van der Waals surface area (Å²) in [7, 11) is 1.53. The van der Waals surface area contributed by atoms with Crippen molar-refractivity contribution in [3.8, 4) is 0 Å². The van der Waals surface area contributed by atoms with Gasteiger partial charge in [-0.05, 0) is 6.07 Å². The van der Waals surface area contributed by atoms with Crippen LogP contribution in [0.4, 0.5) is 11.4 Å². The number of nitrogens with two attached hydrogens (primary N) is 1.